The highest BCUT2D eigenvalue weighted by Gasteiger charge is 2.44. The topological polar surface area (TPSA) is 163 Å². The molecular weight excluding hydrogens is 546 g/mol. The lowest BCUT2D eigenvalue weighted by Crippen LogP contribution is -2.47. The van der Waals surface area contributed by atoms with Gasteiger partial charge in [0, 0.05) is 25.7 Å². The van der Waals surface area contributed by atoms with Gasteiger partial charge in [0.15, 0.2) is 0 Å². The molecule has 39 heavy (non-hydrogen) atoms. The number of benzene rings is 2. The minimum absolute atomic E-state index is 0.00236. The first-order valence-corrected chi connectivity index (χ1v) is 15.7. The van der Waals surface area contributed by atoms with Crippen molar-refractivity contribution in [3.63, 3.8) is 0 Å². The van der Waals surface area contributed by atoms with E-state index in [1.165, 1.54) is 23.7 Å². The first-order chi connectivity index (χ1) is 18.6. The van der Waals surface area contributed by atoms with Gasteiger partial charge in [-0.1, -0.05) is 12.1 Å². The van der Waals surface area contributed by atoms with E-state index in [1.807, 2.05) is 0 Å². The van der Waals surface area contributed by atoms with Crippen molar-refractivity contribution in [2.45, 2.75) is 46.8 Å². The fourth-order valence-electron chi connectivity index (χ4n) is 5.13. The van der Waals surface area contributed by atoms with Crippen LogP contribution in [0.2, 0.25) is 0 Å². The highest BCUT2D eigenvalue weighted by Crippen LogP contribution is 2.37. The van der Waals surface area contributed by atoms with Crippen molar-refractivity contribution in [1.82, 2.24) is 24.3 Å². The summed E-state index contributed by atoms with van der Waals surface area (Å²) in [5.74, 6) is 0.167. The third-order valence-electron chi connectivity index (χ3n) is 7.35. The second-order valence-corrected chi connectivity index (χ2v) is 13.7. The van der Waals surface area contributed by atoms with Gasteiger partial charge in [-0.2, -0.15) is 4.31 Å². The van der Waals surface area contributed by atoms with Crippen LogP contribution in [-0.4, -0.2) is 93.9 Å². The Bertz CT molecular complexity index is 1520. The van der Waals surface area contributed by atoms with Gasteiger partial charge in [-0.15, -0.1) is 0 Å². The van der Waals surface area contributed by atoms with Gasteiger partial charge in [-0.3, -0.25) is 0 Å². The molecule has 2 saturated heterocycles. The van der Waals surface area contributed by atoms with Gasteiger partial charge in [-0.05, 0) is 56.6 Å². The number of piperidine rings is 1. The number of aromatic amines is 1. The van der Waals surface area contributed by atoms with Crippen molar-refractivity contribution in [3.05, 3.63) is 48.8 Å². The van der Waals surface area contributed by atoms with E-state index in [4.69, 9.17) is 9.47 Å². The van der Waals surface area contributed by atoms with Crippen LogP contribution < -0.4 is 14.8 Å². The molecule has 0 aliphatic carbocycles. The number of imidazole rings is 1. The molecule has 4 N–H and O–H groups in total. The van der Waals surface area contributed by atoms with Gasteiger partial charge < -0.3 is 24.9 Å². The zero-order valence-corrected chi connectivity index (χ0v) is 23.2. The predicted molar refractivity (Wildman–Crippen MR) is 143 cm³/mol. The maximum absolute atomic E-state index is 13.2. The number of rotatable bonds is 10. The van der Waals surface area contributed by atoms with Crippen LogP contribution in [-0.2, 0) is 24.8 Å². The van der Waals surface area contributed by atoms with Gasteiger partial charge >= 0.3 is 0 Å². The van der Waals surface area contributed by atoms with E-state index >= 15 is 0 Å². The molecule has 2 aliphatic heterocycles. The molecule has 1 spiro atoms. The third-order valence-corrected chi connectivity index (χ3v) is 10.7. The minimum atomic E-state index is -3.69. The number of sulfonamides is 2. The van der Waals surface area contributed by atoms with Crippen molar-refractivity contribution in [3.8, 4) is 5.75 Å². The molecule has 2 atom stereocenters. The van der Waals surface area contributed by atoms with Crippen LogP contribution >= 0.6 is 0 Å². The van der Waals surface area contributed by atoms with Crippen molar-refractivity contribution in [2.24, 2.45) is 0 Å². The SMILES string of the molecule is CNS(=O)(=O)c1ccccc1OC[C@@H](O)CNC1COC2(CCN(S(=O)(=O)c3ccc4nc[nH]c4c3)CC2)C1. The maximum atomic E-state index is 13.2. The van der Waals surface area contributed by atoms with Crippen molar-refractivity contribution in [1.29, 1.82) is 0 Å². The number of para-hydroxylation sites is 1. The fraction of sp³-hybridized carbons (Fsp3) is 0.480. The molecule has 12 nitrogen and oxygen atoms in total. The highest BCUT2D eigenvalue weighted by atomic mass is 32.2. The monoisotopic (exact) mass is 579 g/mol. The van der Waals surface area contributed by atoms with Crippen LogP contribution in [0.5, 0.6) is 5.75 Å². The highest BCUT2D eigenvalue weighted by molar-refractivity contribution is 7.89. The largest absolute Gasteiger partial charge is 0.489 e. The van der Waals surface area contributed by atoms with Crippen molar-refractivity contribution in [2.75, 3.05) is 39.9 Å². The second-order valence-electron chi connectivity index (χ2n) is 9.91. The number of fused-ring (bicyclic) bond motifs is 1. The predicted octanol–water partition coefficient (Wildman–Crippen LogP) is 0.813. The molecule has 2 fully saturated rings. The normalized spacial score (nSPS) is 20.9. The first-order valence-electron chi connectivity index (χ1n) is 12.8. The number of hydrogen-bond acceptors (Lipinski definition) is 9. The zero-order chi connectivity index (χ0) is 27.7. The van der Waals surface area contributed by atoms with Gasteiger partial charge in [0.1, 0.15) is 23.4 Å². The molecule has 0 radical (unpaired) electrons. The molecule has 3 heterocycles. The van der Waals surface area contributed by atoms with Crippen LogP contribution in [0.1, 0.15) is 19.3 Å². The zero-order valence-electron chi connectivity index (χ0n) is 21.5. The smallest absolute Gasteiger partial charge is 0.243 e. The Morgan fingerprint density at radius 3 is 2.74 bits per heavy atom. The van der Waals surface area contributed by atoms with Crippen molar-refractivity contribution < 1.29 is 31.4 Å². The number of H-pyrrole nitrogens is 1. The van der Waals surface area contributed by atoms with Crippen LogP contribution in [0.3, 0.4) is 0 Å². The Balaban J connectivity index is 1.10. The Morgan fingerprint density at radius 2 is 1.97 bits per heavy atom. The Hall–Kier alpha value is -2.59. The number of nitrogens with one attached hydrogen (secondary N) is 3. The van der Waals surface area contributed by atoms with E-state index in [0.29, 0.717) is 50.0 Å². The third kappa shape index (κ3) is 5.96. The molecule has 2 aliphatic rings. The van der Waals surface area contributed by atoms with Gasteiger partial charge in [0.2, 0.25) is 20.0 Å². The summed E-state index contributed by atoms with van der Waals surface area (Å²) in [4.78, 5) is 7.34. The Kier molecular flexibility index (Phi) is 7.97. The van der Waals surface area contributed by atoms with Crippen LogP contribution in [0.4, 0.5) is 0 Å². The molecule has 14 heteroatoms. The second kappa shape index (κ2) is 11.1. The maximum Gasteiger partial charge on any atom is 0.243 e. The van der Waals surface area contributed by atoms with Crippen molar-refractivity contribution >= 4 is 31.1 Å². The molecule has 5 rings (SSSR count). The molecule has 0 amide bonds. The van der Waals surface area contributed by atoms with E-state index in [0.717, 1.165) is 0 Å². The van der Waals surface area contributed by atoms with Crippen LogP contribution in [0.15, 0.2) is 58.6 Å². The molecule has 2 aromatic carbocycles. The number of aliphatic hydroxyl groups is 1. The van der Waals surface area contributed by atoms with E-state index in [1.54, 1.807) is 36.4 Å². The lowest BCUT2D eigenvalue weighted by molar-refractivity contribution is -0.0312. The van der Waals surface area contributed by atoms with Crippen LogP contribution in [0.25, 0.3) is 11.0 Å². The summed E-state index contributed by atoms with van der Waals surface area (Å²) in [6.45, 7) is 1.34. The van der Waals surface area contributed by atoms with E-state index in [9.17, 15) is 21.9 Å². The van der Waals surface area contributed by atoms with Gasteiger partial charge in [0.05, 0.1) is 34.5 Å². The summed E-state index contributed by atoms with van der Waals surface area (Å²) in [7, 11) is -5.99. The average molecular weight is 580 g/mol. The number of aromatic nitrogens is 2. The Morgan fingerprint density at radius 1 is 1.21 bits per heavy atom. The first kappa shape index (κ1) is 28.0. The van der Waals surface area contributed by atoms with E-state index in [-0.39, 0.29) is 34.7 Å². The fourth-order valence-corrected chi connectivity index (χ4v) is 7.47. The van der Waals surface area contributed by atoms with Crippen LogP contribution in [0, 0.1) is 0 Å². The summed E-state index contributed by atoms with van der Waals surface area (Å²) in [6.07, 6.45) is 2.54. The van der Waals surface area contributed by atoms with Gasteiger partial charge in [0.25, 0.3) is 0 Å². The molecular formula is C25H33N5O7S2. The summed E-state index contributed by atoms with van der Waals surface area (Å²) in [6, 6.07) is 11.1. The number of aliphatic hydroxyl groups excluding tert-OH is 1. The average Bonchev–Trinajstić information content (AvgIpc) is 3.58. The summed E-state index contributed by atoms with van der Waals surface area (Å²) < 4.78 is 66.3. The number of hydrogen-bond donors (Lipinski definition) is 4. The summed E-state index contributed by atoms with van der Waals surface area (Å²) in [5, 5.41) is 13.7. The van der Waals surface area contributed by atoms with Gasteiger partial charge in [-0.25, -0.2) is 26.5 Å². The molecule has 3 aromatic rings. The number of nitrogens with zero attached hydrogens (tertiary/aromatic N) is 2. The quantitative estimate of drug-likeness (QED) is 0.272. The lowest BCUT2D eigenvalue weighted by Gasteiger charge is -2.38. The molecule has 1 unspecified atom stereocenters. The summed E-state index contributed by atoms with van der Waals surface area (Å²) in [5.41, 5.74) is 0.990. The molecule has 0 saturated carbocycles. The summed E-state index contributed by atoms with van der Waals surface area (Å²) >= 11 is 0. The number of ether oxygens (including phenoxy) is 2. The van der Waals surface area contributed by atoms with E-state index < -0.39 is 31.8 Å². The lowest BCUT2D eigenvalue weighted by atomic mass is 9.88. The molecule has 212 valence electrons. The Labute approximate surface area is 227 Å². The standard InChI is InChI=1S/C25H33N5O7S2/c1-26-38(32,33)24-5-3-2-4-23(24)36-16-19(31)14-27-18-13-25(37-15-18)8-10-30(11-9-25)39(34,35)20-6-7-21-22(12-20)29-17-28-21/h2-7,12,17-19,26-27,31H,8-11,13-16H2,1H3,(H,28,29)/t18?,19-/m0/s1. The molecule has 0 bridgehead atoms. The van der Waals surface area contributed by atoms with E-state index in [2.05, 4.69) is 20.0 Å². The molecule has 1 aromatic heterocycles. The minimum Gasteiger partial charge on any atom is -0.489 e.